The second-order valence-corrected chi connectivity index (χ2v) is 6.90. The van der Waals surface area contributed by atoms with E-state index in [-0.39, 0.29) is 16.5 Å². The van der Waals surface area contributed by atoms with Crippen molar-refractivity contribution in [3.63, 3.8) is 0 Å². The van der Waals surface area contributed by atoms with Gasteiger partial charge in [0.15, 0.2) is 5.82 Å². The number of nitrogens with zero attached hydrogens (tertiary/aromatic N) is 6. The summed E-state index contributed by atoms with van der Waals surface area (Å²) in [5, 5.41) is -0.253. The molecule has 29 heavy (non-hydrogen) atoms. The molecule has 4 rings (SSSR count). The van der Waals surface area contributed by atoms with Crippen molar-refractivity contribution < 1.29 is 22.6 Å². The molecule has 2 aromatic heterocycles. The smallest absolute Gasteiger partial charge is 0.378 e. The Balaban J connectivity index is 1.82. The Labute approximate surface area is 169 Å². The van der Waals surface area contributed by atoms with E-state index in [4.69, 9.17) is 21.1 Å². The predicted octanol–water partition coefficient (Wildman–Crippen LogP) is 2.28. The van der Waals surface area contributed by atoms with E-state index in [9.17, 15) is 13.2 Å². The van der Waals surface area contributed by atoms with Crippen LogP contribution in [0.5, 0.6) is 0 Å². The molecular weight excluding hydrogens is 413 g/mol. The summed E-state index contributed by atoms with van der Waals surface area (Å²) in [4.78, 5) is 20.7. The van der Waals surface area contributed by atoms with Crippen molar-refractivity contribution in [3.8, 4) is 11.4 Å². The molecule has 0 unspecified atom stereocenters. The predicted molar refractivity (Wildman–Crippen MR) is 99.1 cm³/mol. The maximum atomic E-state index is 13.6. The van der Waals surface area contributed by atoms with Gasteiger partial charge in [-0.05, 0) is 6.07 Å². The summed E-state index contributed by atoms with van der Waals surface area (Å²) in [7, 11) is 0. The zero-order chi connectivity index (χ0) is 20.4. The molecule has 2 aliphatic rings. The molecular formula is C17H18ClF3N6O2. The summed E-state index contributed by atoms with van der Waals surface area (Å²) in [5.41, 5.74) is -1.18. The van der Waals surface area contributed by atoms with Gasteiger partial charge < -0.3 is 19.3 Å². The van der Waals surface area contributed by atoms with Crippen LogP contribution in [0.2, 0.25) is 5.15 Å². The number of alkyl halides is 3. The van der Waals surface area contributed by atoms with Gasteiger partial charge in [0.25, 0.3) is 0 Å². The highest BCUT2D eigenvalue weighted by molar-refractivity contribution is 6.29. The van der Waals surface area contributed by atoms with E-state index in [1.807, 2.05) is 9.80 Å². The van der Waals surface area contributed by atoms with Crippen LogP contribution < -0.4 is 9.80 Å². The SMILES string of the molecule is FC(F)(F)c1cc(Cl)ncc1-c1nc(N2CCOCC2)nc(N2CCOCC2)n1. The minimum absolute atomic E-state index is 0.0977. The van der Waals surface area contributed by atoms with Crippen LogP contribution in [0.4, 0.5) is 25.1 Å². The number of ether oxygens (including phenoxy) is 2. The zero-order valence-corrected chi connectivity index (χ0v) is 16.1. The molecule has 0 aromatic carbocycles. The normalized spacial score (nSPS) is 18.2. The van der Waals surface area contributed by atoms with Crippen molar-refractivity contribution in [2.45, 2.75) is 6.18 Å². The fourth-order valence-corrected chi connectivity index (χ4v) is 3.28. The van der Waals surface area contributed by atoms with Gasteiger partial charge in [-0.25, -0.2) is 4.98 Å². The molecule has 4 heterocycles. The van der Waals surface area contributed by atoms with Crippen LogP contribution in [0.25, 0.3) is 11.4 Å². The Kier molecular flexibility index (Phi) is 5.70. The topological polar surface area (TPSA) is 76.5 Å². The highest BCUT2D eigenvalue weighted by Crippen LogP contribution is 2.37. The molecule has 0 spiro atoms. The van der Waals surface area contributed by atoms with Gasteiger partial charge in [-0.15, -0.1) is 0 Å². The van der Waals surface area contributed by atoms with Crippen LogP contribution >= 0.6 is 11.6 Å². The number of morpholine rings is 2. The van der Waals surface area contributed by atoms with Crippen LogP contribution in [0.15, 0.2) is 12.3 Å². The molecule has 0 saturated carbocycles. The van der Waals surface area contributed by atoms with E-state index >= 15 is 0 Å². The van der Waals surface area contributed by atoms with Gasteiger partial charge >= 0.3 is 6.18 Å². The first kappa shape index (κ1) is 20.0. The minimum Gasteiger partial charge on any atom is -0.378 e. The second kappa shape index (κ2) is 8.25. The van der Waals surface area contributed by atoms with E-state index in [2.05, 4.69) is 19.9 Å². The summed E-state index contributed by atoms with van der Waals surface area (Å²) in [6.07, 6.45) is -3.58. The van der Waals surface area contributed by atoms with Gasteiger partial charge in [0, 0.05) is 32.4 Å². The largest absolute Gasteiger partial charge is 0.417 e. The average Bonchev–Trinajstić information content (AvgIpc) is 2.74. The molecule has 2 saturated heterocycles. The van der Waals surface area contributed by atoms with E-state index in [1.165, 1.54) is 0 Å². The molecule has 8 nitrogen and oxygen atoms in total. The van der Waals surface area contributed by atoms with Crippen molar-refractivity contribution >= 4 is 23.5 Å². The Morgan fingerprint density at radius 3 is 1.86 bits per heavy atom. The molecule has 0 atom stereocenters. The lowest BCUT2D eigenvalue weighted by atomic mass is 10.1. The number of anilines is 2. The summed E-state index contributed by atoms with van der Waals surface area (Å²) in [6.45, 7) is 4.12. The van der Waals surface area contributed by atoms with Crippen LogP contribution in [-0.4, -0.2) is 72.5 Å². The summed E-state index contributed by atoms with van der Waals surface area (Å²) in [5.74, 6) is 0.519. The zero-order valence-electron chi connectivity index (χ0n) is 15.3. The van der Waals surface area contributed by atoms with Gasteiger partial charge in [-0.2, -0.15) is 28.1 Å². The Morgan fingerprint density at radius 2 is 1.38 bits per heavy atom. The highest BCUT2D eigenvalue weighted by atomic mass is 35.5. The molecule has 0 amide bonds. The molecule has 0 N–H and O–H groups in total. The highest BCUT2D eigenvalue weighted by Gasteiger charge is 2.36. The lowest BCUT2D eigenvalue weighted by Gasteiger charge is -2.30. The molecule has 156 valence electrons. The Hall–Kier alpha value is -2.24. The molecule has 0 bridgehead atoms. The third-order valence-corrected chi connectivity index (χ3v) is 4.82. The van der Waals surface area contributed by atoms with Crippen LogP contribution in [0.1, 0.15) is 5.56 Å². The number of rotatable bonds is 3. The van der Waals surface area contributed by atoms with E-state index < -0.39 is 11.7 Å². The molecule has 2 fully saturated rings. The Bertz CT molecular complexity index is 836. The standard InChI is InChI=1S/C17H18ClF3N6O2/c18-13-9-12(17(19,20)21)11(10-22-13)14-23-15(26-1-5-28-6-2-26)25-16(24-14)27-3-7-29-8-4-27/h9-10H,1-8H2. The monoisotopic (exact) mass is 430 g/mol. The van der Waals surface area contributed by atoms with Crippen LogP contribution in [0.3, 0.4) is 0 Å². The lowest BCUT2D eigenvalue weighted by Crippen LogP contribution is -2.40. The minimum atomic E-state index is -4.63. The first-order valence-corrected chi connectivity index (χ1v) is 9.44. The third kappa shape index (κ3) is 4.51. The first-order valence-electron chi connectivity index (χ1n) is 9.06. The van der Waals surface area contributed by atoms with Gasteiger partial charge in [-0.1, -0.05) is 11.6 Å². The van der Waals surface area contributed by atoms with Gasteiger partial charge in [0.2, 0.25) is 11.9 Å². The third-order valence-electron chi connectivity index (χ3n) is 4.62. The van der Waals surface area contributed by atoms with Crippen LogP contribution in [0, 0.1) is 0 Å². The first-order chi connectivity index (χ1) is 13.9. The summed E-state index contributed by atoms with van der Waals surface area (Å²) in [6, 6.07) is 0.781. The molecule has 12 heteroatoms. The van der Waals surface area contributed by atoms with Crippen molar-refractivity contribution in [1.29, 1.82) is 0 Å². The molecule has 2 aliphatic heterocycles. The molecule has 0 radical (unpaired) electrons. The van der Waals surface area contributed by atoms with Gasteiger partial charge in [0.05, 0.1) is 37.6 Å². The Morgan fingerprint density at radius 1 is 0.862 bits per heavy atom. The number of pyridine rings is 1. The maximum Gasteiger partial charge on any atom is 0.417 e. The maximum absolute atomic E-state index is 13.6. The van der Waals surface area contributed by atoms with Gasteiger partial charge in [0.1, 0.15) is 5.15 Å². The number of hydrogen-bond donors (Lipinski definition) is 0. The molecule has 2 aromatic rings. The number of halogens is 4. The van der Waals surface area contributed by atoms with Crippen molar-refractivity contribution in [1.82, 2.24) is 19.9 Å². The summed E-state index contributed by atoms with van der Waals surface area (Å²) >= 11 is 5.71. The lowest BCUT2D eigenvalue weighted by molar-refractivity contribution is -0.137. The van der Waals surface area contributed by atoms with Crippen molar-refractivity contribution in [3.05, 3.63) is 23.0 Å². The fraction of sp³-hybridized carbons (Fsp3) is 0.529. The van der Waals surface area contributed by atoms with E-state index in [1.54, 1.807) is 0 Å². The van der Waals surface area contributed by atoms with Crippen LogP contribution in [-0.2, 0) is 15.7 Å². The number of aromatic nitrogens is 4. The second-order valence-electron chi connectivity index (χ2n) is 6.51. The van der Waals surface area contributed by atoms with E-state index in [0.29, 0.717) is 64.5 Å². The summed E-state index contributed by atoms with van der Waals surface area (Å²) < 4.78 is 51.5. The molecule has 0 aliphatic carbocycles. The van der Waals surface area contributed by atoms with Gasteiger partial charge in [-0.3, -0.25) is 0 Å². The van der Waals surface area contributed by atoms with Crippen molar-refractivity contribution in [2.24, 2.45) is 0 Å². The van der Waals surface area contributed by atoms with Crippen molar-refractivity contribution in [2.75, 3.05) is 62.4 Å². The van der Waals surface area contributed by atoms with E-state index in [0.717, 1.165) is 12.3 Å². The average molecular weight is 431 g/mol. The fourth-order valence-electron chi connectivity index (χ4n) is 3.13. The quantitative estimate of drug-likeness (QED) is 0.686. The number of hydrogen-bond acceptors (Lipinski definition) is 8.